The number of rotatable bonds is 7. The highest BCUT2D eigenvalue weighted by atomic mass is 19.4. The Morgan fingerprint density at radius 2 is 1.87 bits per heavy atom. The number of carbonyl (C=O) groups excluding carboxylic acids is 1. The first-order valence-electron chi connectivity index (χ1n) is 9.45. The maximum Gasteiger partial charge on any atom is 0.416 e. The highest BCUT2D eigenvalue weighted by molar-refractivity contribution is 6.03. The number of benzene rings is 1. The van der Waals surface area contributed by atoms with Gasteiger partial charge in [-0.1, -0.05) is 6.92 Å². The molecule has 0 bridgehead atoms. The molecule has 1 aromatic carbocycles. The second-order valence-corrected chi connectivity index (χ2v) is 7.17. The van der Waals surface area contributed by atoms with Crippen LogP contribution in [0.15, 0.2) is 30.3 Å². The Morgan fingerprint density at radius 1 is 1.20 bits per heavy atom. The van der Waals surface area contributed by atoms with E-state index in [0.29, 0.717) is 24.6 Å². The summed E-state index contributed by atoms with van der Waals surface area (Å²) in [4.78, 5) is 29.6. The van der Waals surface area contributed by atoms with Crippen LogP contribution in [0.3, 0.4) is 0 Å². The summed E-state index contributed by atoms with van der Waals surface area (Å²) >= 11 is 0. The third-order valence-electron chi connectivity index (χ3n) is 4.47. The molecule has 0 atom stereocenters. The molecular formula is C21H24F3N3O3. The van der Waals surface area contributed by atoms with E-state index < -0.39 is 23.6 Å². The van der Waals surface area contributed by atoms with Gasteiger partial charge < -0.3 is 15.3 Å². The predicted molar refractivity (Wildman–Crippen MR) is 108 cm³/mol. The normalized spacial score (nSPS) is 11.5. The molecule has 2 aromatic rings. The van der Waals surface area contributed by atoms with Crippen molar-refractivity contribution < 1.29 is 27.9 Å². The molecular weight excluding hydrogens is 399 g/mol. The molecule has 0 aliphatic carbocycles. The van der Waals surface area contributed by atoms with E-state index in [-0.39, 0.29) is 28.8 Å². The smallest absolute Gasteiger partial charge is 0.416 e. The molecule has 1 amide bonds. The molecule has 1 heterocycles. The van der Waals surface area contributed by atoms with Crippen molar-refractivity contribution in [3.8, 4) is 0 Å². The molecule has 0 aliphatic heterocycles. The SMILES string of the molecule is CCCN(c1cc(C(F)(F)F)cc(C(=O)Nc2ccc(C(=O)O)c(C)c2)n1)C(C)C. The van der Waals surface area contributed by atoms with Crippen LogP contribution in [0, 0.1) is 6.92 Å². The first-order chi connectivity index (χ1) is 13.9. The molecule has 0 spiro atoms. The summed E-state index contributed by atoms with van der Waals surface area (Å²) in [5, 5.41) is 11.6. The lowest BCUT2D eigenvalue weighted by molar-refractivity contribution is -0.137. The van der Waals surface area contributed by atoms with Crippen LogP contribution in [0.2, 0.25) is 0 Å². The van der Waals surface area contributed by atoms with Crippen LogP contribution in [0.1, 0.15) is 59.2 Å². The molecule has 0 aliphatic rings. The molecule has 9 heteroatoms. The summed E-state index contributed by atoms with van der Waals surface area (Å²) in [7, 11) is 0. The number of alkyl halides is 3. The number of aromatic carboxylic acids is 1. The van der Waals surface area contributed by atoms with Crippen molar-refractivity contribution in [2.75, 3.05) is 16.8 Å². The highest BCUT2D eigenvalue weighted by Gasteiger charge is 2.33. The van der Waals surface area contributed by atoms with Gasteiger partial charge in [0.25, 0.3) is 5.91 Å². The van der Waals surface area contributed by atoms with E-state index in [1.807, 2.05) is 20.8 Å². The van der Waals surface area contributed by atoms with Gasteiger partial charge in [-0.15, -0.1) is 0 Å². The number of nitrogens with one attached hydrogen (secondary N) is 1. The first-order valence-corrected chi connectivity index (χ1v) is 9.45. The number of halogens is 3. The van der Waals surface area contributed by atoms with Crippen LogP contribution in [-0.4, -0.2) is 34.6 Å². The number of anilines is 2. The van der Waals surface area contributed by atoms with E-state index in [1.54, 1.807) is 11.8 Å². The quantitative estimate of drug-likeness (QED) is 0.656. The number of carboxylic acid groups (broad SMARTS) is 1. The lowest BCUT2D eigenvalue weighted by Crippen LogP contribution is -2.33. The van der Waals surface area contributed by atoms with Crippen molar-refractivity contribution in [1.29, 1.82) is 0 Å². The zero-order valence-electron chi connectivity index (χ0n) is 17.2. The Kier molecular flexibility index (Phi) is 7.07. The summed E-state index contributed by atoms with van der Waals surface area (Å²) in [6.45, 7) is 7.63. The summed E-state index contributed by atoms with van der Waals surface area (Å²) in [5.41, 5.74) is -0.595. The standard InChI is InChI=1S/C21H24F3N3O3/c1-5-8-27(12(2)3)18-11-14(21(22,23)24)10-17(26-18)19(28)25-15-6-7-16(20(29)30)13(4)9-15/h6-7,9-12H,5,8H2,1-4H3,(H,25,28)(H,29,30). The predicted octanol–water partition coefficient (Wildman–Crippen LogP) is 4.98. The number of hydrogen-bond donors (Lipinski definition) is 2. The molecule has 2 N–H and O–H groups in total. The van der Waals surface area contributed by atoms with Crippen molar-refractivity contribution in [3.63, 3.8) is 0 Å². The molecule has 30 heavy (non-hydrogen) atoms. The Morgan fingerprint density at radius 3 is 2.37 bits per heavy atom. The number of hydrogen-bond acceptors (Lipinski definition) is 4. The Balaban J connectivity index is 2.44. The fourth-order valence-corrected chi connectivity index (χ4v) is 3.00. The van der Waals surface area contributed by atoms with Crippen LogP contribution in [-0.2, 0) is 6.18 Å². The fourth-order valence-electron chi connectivity index (χ4n) is 3.00. The van der Waals surface area contributed by atoms with Gasteiger partial charge in [0.2, 0.25) is 0 Å². The molecule has 1 aromatic heterocycles. The molecule has 0 saturated heterocycles. The molecule has 0 radical (unpaired) electrons. The maximum atomic E-state index is 13.4. The van der Waals surface area contributed by atoms with Crippen LogP contribution in [0.5, 0.6) is 0 Å². The average molecular weight is 423 g/mol. The van der Waals surface area contributed by atoms with E-state index in [2.05, 4.69) is 10.3 Å². The molecule has 0 unspecified atom stereocenters. The van der Waals surface area contributed by atoms with Gasteiger partial charge >= 0.3 is 12.1 Å². The number of carbonyl (C=O) groups is 2. The van der Waals surface area contributed by atoms with Crippen LogP contribution in [0.4, 0.5) is 24.7 Å². The molecule has 162 valence electrons. The number of nitrogens with zero attached hydrogens (tertiary/aromatic N) is 2. The van der Waals surface area contributed by atoms with E-state index in [1.165, 1.54) is 18.2 Å². The van der Waals surface area contributed by atoms with E-state index in [4.69, 9.17) is 5.11 Å². The Hall–Kier alpha value is -3.10. The summed E-state index contributed by atoms with van der Waals surface area (Å²) in [6.07, 6.45) is -3.94. The number of amides is 1. The fraction of sp³-hybridized carbons (Fsp3) is 0.381. The zero-order valence-corrected chi connectivity index (χ0v) is 17.2. The lowest BCUT2D eigenvalue weighted by atomic mass is 10.1. The first kappa shape index (κ1) is 23.2. The lowest BCUT2D eigenvalue weighted by Gasteiger charge is -2.28. The Labute approximate surface area is 172 Å². The summed E-state index contributed by atoms with van der Waals surface area (Å²) in [5.74, 6) is -1.85. The third-order valence-corrected chi connectivity index (χ3v) is 4.47. The minimum atomic E-state index is -4.64. The van der Waals surface area contributed by atoms with E-state index in [9.17, 15) is 22.8 Å². The average Bonchev–Trinajstić information content (AvgIpc) is 2.64. The zero-order chi connectivity index (χ0) is 22.6. The third kappa shape index (κ3) is 5.49. The van der Waals surface area contributed by atoms with Gasteiger partial charge in [0.1, 0.15) is 11.5 Å². The maximum absolute atomic E-state index is 13.4. The van der Waals surface area contributed by atoms with Gasteiger partial charge in [-0.25, -0.2) is 9.78 Å². The van der Waals surface area contributed by atoms with Crippen LogP contribution >= 0.6 is 0 Å². The molecule has 6 nitrogen and oxygen atoms in total. The number of pyridine rings is 1. The van der Waals surface area contributed by atoms with Crippen molar-refractivity contribution in [1.82, 2.24) is 4.98 Å². The minimum Gasteiger partial charge on any atom is -0.478 e. The number of aromatic nitrogens is 1. The largest absolute Gasteiger partial charge is 0.478 e. The second-order valence-electron chi connectivity index (χ2n) is 7.17. The minimum absolute atomic E-state index is 0.0691. The summed E-state index contributed by atoms with van der Waals surface area (Å²) < 4.78 is 40.3. The topological polar surface area (TPSA) is 82.5 Å². The van der Waals surface area contributed by atoms with Crippen molar-refractivity contribution in [2.24, 2.45) is 0 Å². The molecule has 0 fully saturated rings. The Bertz CT molecular complexity index is 943. The van der Waals surface area contributed by atoms with Gasteiger partial charge in [0.15, 0.2) is 0 Å². The second kappa shape index (κ2) is 9.15. The molecule has 2 rings (SSSR count). The van der Waals surface area contributed by atoms with Gasteiger partial charge in [-0.05, 0) is 63.1 Å². The van der Waals surface area contributed by atoms with Crippen molar-refractivity contribution in [2.45, 2.75) is 46.3 Å². The van der Waals surface area contributed by atoms with Crippen molar-refractivity contribution in [3.05, 3.63) is 52.7 Å². The molecule has 0 saturated carbocycles. The van der Waals surface area contributed by atoms with Gasteiger partial charge in [-0.2, -0.15) is 13.2 Å². The van der Waals surface area contributed by atoms with Crippen LogP contribution in [0.25, 0.3) is 0 Å². The summed E-state index contributed by atoms with van der Waals surface area (Å²) in [6, 6.07) is 5.68. The van der Waals surface area contributed by atoms with Gasteiger partial charge in [0, 0.05) is 18.3 Å². The number of carboxylic acids is 1. The van der Waals surface area contributed by atoms with E-state index in [0.717, 1.165) is 6.07 Å². The van der Waals surface area contributed by atoms with Crippen LogP contribution < -0.4 is 10.2 Å². The highest BCUT2D eigenvalue weighted by Crippen LogP contribution is 2.32. The van der Waals surface area contributed by atoms with Gasteiger partial charge in [-0.3, -0.25) is 4.79 Å². The number of aryl methyl sites for hydroxylation is 1. The van der Waals surface area contributed by atoms with Gasteiger partial charge in [0.05, 0.1) is 11.1 Å². The van der Waals surface area contributed by atoms with Crippen molar-refractivity contribution >= 4 is 23.4 Å². The van der Waals surface area contributed by atoms with E-state index >= 15 is 0 Å². The monoisotopic (exact) mass is 423 g/mol.